The highest BCUT2D eigenvalue weighted by molar-refractivity contribution is 5.94. The van der Waals surface area contributed by atoms with Gasteiger partial charge in [0.2, 0.25) is 11.8 Å². The van der Waals surface area contributed by atoms with E-state index in [-0.39, 0.29) is 24.8 Å². The van der Waals surface area contributed by atoms with Crippen molar-refractivity contribution in [3.63, 3.8) is 0 Å². The van der Waals surface area contributed by atoms with Crippen LogP contribution in [0, 0.1) is 0 Å². The minimum Gasteiger partial charge on any atom is -0.491 e. The Kier molecular flexibility index (Phi) is 7.85. The summed E-state index contributed by atoms with van der Waals surface area (Å²) in [4.78, 5) is 24.0. The Bertz CT molecular complexity index is 966. The van der Waals surface area contributed by atoms with Crippen molar-refractivity contribution in [1.29, 1.82) is 0 Å². The molecule has 0 aliphatic rings. The first-order valence-electron chi connectivity index (χ1n) is 9.76. The summed E-state index contributed by atoms with van der Waals surface area (Å²) in [6.07, 6.45) is 5.40. The van der Waals surface area contributed by atoms with Crippen molar-refractivity contribution in [2.45, 2.75) is 12.8 Å². The van der Waals surface area contributed by atoms with Gasteiger partial charge in [0.25, 0.3) is 0 Å². The van der Waals surface area contributed by atoms with Crippen molar-refractivity contribution in [2.24, 2.45) is 0 Å². The minimum absolute atomic E-state index is 0.151. The lowest BCUT2D eigenvalue weighted by atomic mass is 10.2. The van der Waals surface area contributed by atoms with Crippen molar-refractivity contribution in [3.05, 3.63) is 90.4 Å². The highest BCUT2D eigenvalue weighted by Gasteiger charge is 2.08. The van der Waals surface area contributed by atoms with Crippen LogP contribution in [0.4, 0.5) is 5.69 Å². The van der Waals surface area contributed by atoms with Crippen LogP contribution in [0.5, 0.6) is 5.75 Å². The zero-order valence-electron chi connectivity index (χ0n) is 16.5. The number of carbonyl (C=O) groups is 2. The van der Waals surface area contributed by atoms with E-state index in [2.05, 4.69) is 22.8 Å². The van der Waals surface area contributed by atoms with Crippen molar-refractivity contribution in [2.75, 3.05) is 18.5 Å². The van der Waals surface area contributed by atoms with Gasteiger partial charge in [-0.1, -0.05) is 42.5 Å². The molecule has 2 N–H and O–H groups in total. The molecule has 0 aliphatic heterocycles. The summed E-state index contributed by atoms with van der Waals surface area (Å²) < 4.78 is 11.0. The van der Waals surface area contributed by atoms with Gasteiger partial charge in [-0.05, 0) is 35.9 Å². The van der Waals surface area contributed by atoms with E-state index < -0.39 is 0 Å². The molecule has 0 spiro atoms. The fourth-order valence-electron chi connectivity index (χ4n) is 2.73. The molecule has 1 heterocycles. The monoisotopic (exact) mass is 404 g/mol. The summed E-state index contributed by atoms with van der Waals surface area (Å²) in [5, 5.41) is 5.51. The summed E-state index contributed by atoms with van der Waals surface area (Å²) in [5.74, 6) is 0.715. The minimum atomic E-state index is -0.288. The molecule has 3 aromatic rings. The van der Waals surface area contributed by atoms with E-state index >= 15 is 0 Å². The zero-order valence-corrected chi connectivity index (χ0v) is 16.5. The Hall–Kier alpha value is -3.80. The first kappa shape index (κ1) is 20.9. The maximum absolute atomic E-state index is 12.2. The number of benzene rings is 2. The third-order valence-electron chi connectivity index (χ3n) is 4.25. The van der Waals surface area contributed by atoms with Gasteiger partial charge in [-0.2, -0.15) is 0 Å². The number of para-hydroxylation sites is 2. The van der Waals surface area contributed by atoms with Crippen molar-refractivity contribution < 1.29 is 18.7 Å². The molecule has 154 valence electrons. The second-order valence-electron chi connectivity index (χ2n) is 6.52. The lowest BCUT2D eigenvalue weighted by molar-refractivity contribution is -0.117. The summed E-state index contributed by atoms with van der Waals surface area (Å²) in [6.45, 7) is 0.735. The average Bonchev–Trinajstić information content (AvgIpc) is 3.28. The molecular weight excluding hydrogens is 380 g/mol. The molecule has 2 amide bonds. The molecule has 1 aromatic heterocycles. The summed E-state index contributed by atoms with van der Waals surface area (Å²) in [6, 6.07) is 20.9. The SMILES string of the molecule is O=C(/C=C/c1ccco1)NCCC(=O)Nc1ccccc1OCCc1ccccc1. The molecule has 2 aromatic carbocycles. The molecule has 0 radical (unpaired) electrons. The van der Waals surface area contributed by atoms with Crippen molar-refractivity contribution >= 4 is 23.6 Å². The largest absolute Gasteiger partial charge is 0.491 e. The smallest absolute Gasteiger partial charge is 0.244 e. The molecule has 6 heteroatoms. The van der Waals surface area contributed by atoms with Crippen LogP contribution in [-0.2, 0) is 16.0 Å². The fraction of sp³-hybridized carbons (Fsp3) is 0.167. The Morgan fingerprint density at radius 3 is 2.57 bits per heavy atom. The molecule has 0 atom stereocenters. The quantitative estimate of drug-likeness (QED) is 0.500. The topological polar surface area (TPSA) is 80.6 Å². The third kappa shape index (κ3) is 6.98. The number of ether oxygens (including phenoxy) is 1. The maximum Gasteiger partial charge on any atom is 0.244 e. The van der Waals surface area contributed by atoms with Gasteiger partial charge in [0.15, 0.2) is 0 Å². The highest BCUT2D eigenvalue weighted by atomic mass is 16.5. The molecule has 0 saturated heterocycles. The standard InChI is InChI=1S/C24H24N2O4/c27-23(13-12-20-9-6-17-29-20)25-16-14-24(28)26-21-10-4-5-11-22(21)30-18-15-19-7-2-1-3-8-19/h1-13,17H,14-16,18H2,(H,25,27)(H,26,28)/b13-12+. The Labute approximate surface area is 175 Å². The summed E-state index contributed by atoms with van der Waals surface area (Å²) in [5.41, 5.74) is 1.80. The van der Waals surface area contributed by atoms with Crippen LogP contribution in [0.2, 0.25) is 0 Å². The molecule has 3 rings (SSSR count). The lowest BCUT2D eigenvalue weighted by Gasteiger charge is -2.12. The number of furan rings is 1. The molecule has 0 fully saturated rings. The number of nitrogens with one attached hydrogen (secondary N) is 2. The van der Waals surface area contributed by atoms with E-state index in [9.17, 15) is 9.59 Å². The molecule has 0 aliphatic carbocycles. The molecule has 0 saturated carbocycles. The van der Waals surface area contributed by atoms with Gasteiger partial charge in [-0.25, -0.2) is 0 Å². The van der Waals surface area contributed by atoms with Crippen molar-refractivity contribution in [1.82, 2.24) is 5.32 Å². The predicted octanol–water partition coefficient (Wildman–Crippen LogP) is 4.06. The number of hydrogen-bond donors (Lipinski definition) is 2. The van der Waals surface area contributed by atoms with Gasteiger partial charge >= 0.3 is 0 Å². The molecule has 0 bridgehead atoms. The van der Waals surface area contributed by atoms with Crippen LogP contribution >= 0.6 is 0 Å². The van der Waals surface area contributed by atoms with Gasteiger partial charge in [0.1, 0.15) is 11.5 Å². The Morgan fingerprint density at radius 1 is 0.967 bits per heavy atom. The maximum atomic E-state index is 12.2. The van der Waals surface area contributed by atoms with Gasteiger partial charge in [0, 0.05) is 25.5 Å². The number of amides is 2. The molecule has 0 unspecified atom stereocenters. The van der Waals surface area contributed by atoms with E-state index in [0.717, 1.165) is 6.42 Å². The van der Waals surface area contributed by atoms with Crippen LogP contribution in [0.1, 0.15) is 17.7 Å². The van der Waals surface area contributed by atoms with Crippen LogP contribution < -0.4 is 15.4 Å². The lowest BCUT2D eigenvalue weighted by Crippen LogP contribution is -2.26. The van der Waals surface area contributed by atoms with Crippen LogP contribution in [0.15, 0.2) is 83.5 Å². The summed E-state index contributed by atoms with van der Waals surface area (Å²) >= 11 is 0. The number of rotatable bonds is 10. The first-order chi connectivity index (χ1) is 14.7. The van der Waals surface area contributed by atoms with E-state index in [1.165, 1.54) is 17.9 Å². The van der Waals surface area contributed by atoms with Gasteiger partial charge < -0.3 is 19.8 Å². The molecular formula is C24H24N2O4. The Balaban J connectivity index is 1.41. The van der Waals surface area contributed by atoms with Gasteiger partial charge in [-0.3, -0.25) is 9.59 Å². The van der Waals surface area contributed by atoms with E-state index in [1.54, 1.807) is 24.3 Å². The van der Waals surface area contributed by atoms with E-state index in [4.69, 9.17) is 9.15 Å². The third-order valence-corrected chi connectivity index (χ3v) is 4.25. The second kappa shape index (κ2) is 11.3. The van der Waals surface area contributed by atoms with E-state index in [1.807, 2.05) is 36.4 Å². The van der Waals surface area contributed by atoms with Crippen LogP contribution in [0.3, 0.4) is 0 Å². The van der Waals surface area contributed by atoms with Gasteiger partial charge in [-0.15, -0.1) is 0 Å². The second-order valence-corrected chi connectivity index (χ2v) is 6.52. The molecule has 30 heavy (non-hydrogen) atoms. The van der Waals surface area contributed by atoms with Crippen molar-refractivity contribution in [3.8, 4) is 5.75 Å². The highest BCUT2D eigenvalue weighted by Crippen LogP contribution is 2.24. The normalized spacial score (nSPS) is 10.7. The number of carbonyl (C=O) groups excluding carboxylic acids is 2. The van der Waals surface area contributed by atoms with E-state index in [0.29, 0.717) is 23.8 Å². The summed E-state index contributed by atoms with van der Waals surface area (Å²) in [7, 11) is 0. The first-order valence-corrected chi connectivity index (χ1v) is 9.76. The zero-order chi connectivity index (χ0) is 21.0. The predicted molar refractivity (Wildman–Crippen MR) is 116 cm³/mol. The molecule has 6 nitrogen and oxygen atoms in total. The van der Waals surface area contributed by atoms with Crippen LogP contribution in [0.25, 0.3) is 6.08 Å². The van der Waals surface area contributed by atoms with Crippen LogP contribution in [-0.4, -0.2) is 25.0 Å². The Morgan fingerprint density at radius 2 is 1.77 bits per heavy atom. The fourth-order valence-corrected chi connectivity index (χ4v) is 2.73. The average molecular weight is 404 g/mol. The number of anilines is 1. The number of hydrogen-bond acceptors (Lipinski definition) is 4. The van der Waals surface area contributed by atoms with Gasteiger partial charge in [0.05, 0.1) is 18.6 Å².